The summed E-state index contributed by atoms with van der Waals surface area (Å²) < 4.78 is 18.4. The lowest BCUT2D eigenvalue weighted by Gasteiger charge is -2.15. The number of aryl methyl sites for hydroxylation is 1. The van der Waals surface area contributed by atoms with Gasteiger partial charge < -0.3 is 9.64 Å². The zero-order chi connectivity index (χ0) is 14.7. The molecule has 0 radical (unpaired) electrons. The van der Waals surface area contributed by atoms with Crippen molar-refractivity contribution in [2.75, 3.05) is 14.2 Å². The van der Waals surface area contributed by atoms with Crippen LogP contribution in [-0.2, 0) is 6.54 Å². The van der Waals surface area contributed by atoms with Gasteiger partial charge in [-0.25, -0.2) is 9.37 Å². The molecule has 0 unspecified atom stereocenters. The standard InChI is InChI=1S/C13H15FN4O2/c1-8-15-12(17-16-8)7-18(2)13(19)9-4-5-11(20-3)10(14)6-9/h4-6H,7H2,1-3H3,(H,15,16,17). The Balaban J connectivity index is 2.12. The molecule has 1 N–H and O–H groups in total. The van der Waals surface area contributed by atoms with Crippen LogP contribution in [0.25, 0.3) is 0 Å². The monoisotopic (exact) mass is 278 g/mol. The number of ether oxygens (including phenoxy) is 1. The Labute approximate surface area is 115 Å². The van der Waals surface area contributed by atoms with Crippen molar-refractivity contribution in [1.29, 1.82) is 0 Å². The molecule has 20 heavy (non-hydrogen) atoms. The fourth-order valence-corrected chi connectivity index (χ4v) is 1.76. The highest BCUT2D eigenvalue weighted by Gasteiger charge is 2.16. The molecule has 0 fully saturated rings. The average molecular weight is 278 g/mol. The minimum Gasteiger partial charge on any atom is -0.494 e. The molecule has 106 valence electrons. The van der Waals surface area contributed by atoms with Gasteiger partial charge in [0.05, 0.1) is 13.7 Å². The van der Waals surface area contributed by atoms with Crippen molar-refractivity contribution in [3.05, 3.63) is 41.2 Å². The maximum atomic E-state index is 13.6. The van der Waals surface area contributed by atoms with Gasteiger partial charge >= 0.3 is 0 Å². The number of aromatic amines is 1. The number of carbonyl (C=O) groups excluding carboxylic acids is 1. The van der Waals surface area contributed by atoms with Crippen LogP contribution < -0.4 is 4.74 Å². The highest BCUT2D eigenvalue weighted by atomic mass is 19.1. The normalized spacial score (nSPS) is 10.4. The van der Waals surface area contributed by atoms with Gasteiger partial charge in [0.15, 0.2) is 17.4 Å². The molecule has 1 heterocycles. The number of hydrogen-bond donors (Lipinski definition) is 1. The van der Waals surface area contributed by atoms with E-state index in [0.29, 0.717) is 11.6 Å². The largest absolute Gasteiger partial charge is 0.494 e. The van der Waals surface area contributed by atoms with Gasteiger partial charge in [-0.3, -0.25) is 9.89 Å². The first-order valence-electron chi connectivity index (χ1n) is 5.98. The third kappa shape index (κ3) is 2.93. The Hall–Kier alpha value is -2.44. The second-order valence-electron chi connectivity index (χ2n) is 4.35. The minimum atomic E-state index is -0.569. The van der Waals surface area contributed by atoms with Crippen LogP contribution in [0.2, 0.25) is 0 Å². The summed E-state index contributed by atoms with van der Waals surface area (Å²) in [5.74, 6) is 0.409. The number of amides is 1. The number of aromatic nitrogens is 3. The first-order chi connectivity index (χ1) is 9.51. The van der Waals surface area contributed by atoms with Crippen molar-refractivity contribution in [2.45, 2.75) is 13.5 Å². The molecule has 0 saturated heterocycles. The summed E-state index contributed by atoms with van der Waals surface area (Å²) in [6.07, 6.45) is 0. The van der Waals surface area contributed by atoms with Crippen molar-refractivity contribution >= 4 is 5.91 Å². The summed E-state index contributed by atoms with van der Waals surface area (Å²) >= 11 is 0. The summed E-state index contributed by atoms with van der Waals surface area (Å²) in [6, 6.07) is 4.10. The van der Waals surface area contributed by atoms with E-state index in [1.54, 1.807) is 14.0 Å². The summed E-state index contributed by atoms with van der Waals surface area (Å²) in [7, 11) is 2.98. The van der Waals surface area contributed by atoms with Crippen molar-refractivity contribution < 1.29 is 13.9 Å². The first kappa shape index (κ1) is 14.0. The number of nitrogens with one attached hydrogen (secondary N) is 1. The molecule has 1 amide bonds. The Bertz CT molecular complexity index is 627. The number of carbonyl (C=O) groups is 1. The van der Waals surface area contributed by atoms with E-state index in [1.807, 2.05) is 0 Å². The molecule has 6 nitrogen and oxygen atoms in total. The smallest absolute Gasteiger partial charge is 0.254 e. The summed E-state index contributed by atoms with van der Waals surface area (Å²) in [5, 5.41) is 6.65. The highest BCUT2D eigenvalue weighted by Crippen LogP contribution is 2.18. The van der Waals surface area contributed by atoms with E-state index >= 15 is 0 Å². The first-order valence-corrected chi connectivity index (χ1v) is 5.98. The lowest BCUT2D eigenvalue weighted by molar-refractivity contribution is 0.0781. The van der Waals surface area contributed by atoms with Gasteiger partial charge in [0, 0.05) is 12.6 Å². The number of benzene rings is 1. The van der Waals surface area contributed by atoms with Gasteiger partial charge in [-0.1, -0.05) is 0 Å². The van der Waals surface area contributed by atoms with Crippen molar-refractivity contribution in [1.82, 2.24) is 20.1 Å². The van der Waals surface area contributed by atoms with Crippen LogP contribution in [0.1, 0.15) is 22.0 Å². The van der Waals surface area contributed by atoms with Gasteiger partial charge in [-0.2, -0.15) is 5.10 Å². The fourth-order valence-electron chi connectivity index (χ4n) is 1.76. The lowest BCUT2D eigenvalue weighted by Crippen LogP contribution is -2.26. The molecule has 1 aromatic carbocycles. The van der Waals surface area contributed by atoms with Gasteiger partial charge in [0.1, 0.15) is 5.82 Å². The molecule has 0 atom stereocenters. The fraction of sp³-hybridized carbons (Fsp3) is 0.308. The van der Waals surface area contributed by atoms with E-state index in [9.17, 15) is 9.18 Å². The van der Waals surface area contributed by atoms with Crippen LogP contribution in [0.15, 0.2) is 18.2 Å². The third-order valence-corrected chi connectivity index (χ3v) is 2.77. The highest BCUT2D eigenvalue weighted by molar-refractivity contribution is 5.94. The second kappa shape index (κ2) is 5.68. The summed E-state index contributed by atoms with van der Waals surface area (Å²) in [4.78, 5) is 17.7. The molecule has 2 rings (SSSR count). The quantitative estimate of drug-likeness (QED) is 0.920. The molecule has 0 aliphatic heterocycles. The van der Waals surface area contributed by atoms with Crippen molar-refractivity contribution in [3.63, 3.8) is 0 Å². The van der Waals surface area contributed by atoms with Crippen molar-refractivity contribution in [3.8, 4) is 5.75 Å². The topological polar surface area (TPSA) is 71.1 Å². The molecule has 0 bridgehead atoms. The van der Waals surface area contributed by atoms with Gasteiger partial charge in [0.25, 0.3) is 5.91 Å². The third-order valence-electron chi connectivity index (χ3n) is 2.77. The average Bonchev–Trinajstić information content (AvgIpc) is 2.83. The van der Waals surface area contributed by atoms with Crippen LogP contribution in [0.4, 0.5) is 4.39 Å². The zero-order valence-electron chi connectivity index (χ0n) is 11.5. The predicted octanol–water partition coefficient (Wildman–Crippen LogP) is 1.53. The molecule has 0 saturated carbocycles. The number of halogens is 1. The number of rotatable bonds is 4. The number of methoxy groups -OCH3 is 1. The van der Waals surface area contributed by atoms with E-state index in [0.717, 1.165) is 6.07 Å². The van der Waals surface area contributed by atoms with E-state index in [4.69, 9.17) is 4.74 Å². The van der Waals surface area contributed by atoms with Crippen LogP contribution in [0.3, 0.4) is 0 Å². The number of hydrogen-bond acceptors (Lipinski definition) is 4. The molecular weight excluding hydrogens is 263 g/mol. The van der Waals surface area contributed by atoms with Gasteiger partial charge in [0.2, 0.25) is 0 Å². The molecule has 0 aliphatic carbocycles. The zero-order valence-corrected chi connectivity index (χ0v) is 11.5. The SMILES string of the molecule is COc1ccc(C(=O)N(C)Cc2n[nH]c(C)n2)cc1F. The Kier molecular flexibility index (Phi) is 3.97. The van der Waals surface area contributed by atoms with Crippen LogP contribution in [0.5, 0.6) is 5.75 Å². The van der Waals surface area contributed by atoms with Crippen LogP contribution in [-0.4, -0.2) is 40.1 Å². The minimum absolute atomic E-state index is 0.105. The Morgan fingerprint density at radius 2 is 2.25 bits per heavy atom. The molecule has 1 aromatic heterocycles. The van der Waals surface area contributed by atoms with E-state index < -0.39 is 5.82 Å². The van der Waals surface area contributed by atoms with Gasteiger partial charge in [-0.05, 0) is 25.1 Å². The van der Waals surface area contributed by atoms with E-state index in [1.165, 1.54) is 24.1 Å². The lowest BCUT2D eigenvalue weighted by atomic mass is 10.2. The maximum Gasteiger partial charge on any atom is 0.254 e. The number of nitrogens with zero attached hydrogens (tertiary/aromatic N) is 3. The number of H-pyrrole nitrogens is 1. The van der Waals surface area contributed by atoms with Crippen LogP contribution in [0, 0.1) is 12.7 Å². The molecule has 7 heteroatoms. The predicted molar refractivity (Wildman–Crippen MR) is 69.9 cm³/mol. The Morgan fingerprint density at radius 3 is 2.80 bits per heavy atom. The van der Waals surface area contributed by atoms with E-state index in [-0.39, 0.29) is 23.8 Å². The van der Waals surface area contributed by atoms with Gasteiger partial charge in [-0.15, -0.1) is 0 Å². The molecule has 0 aliphatic rings. The van der Waals surface area contributed by atoms with Crippen LogP contribution >= 0.6 is 0 Å². The van der Waals surface area contributed by atoms with Crippen molar-refractivity contribution in [2.24, 2.45) is 0 Å². The Morgan fingerprint density at radius 1 is 1.50 bits per heavy atom. The summed E-state index contributed by atoms with van der Waals surface area (Å²) in [6.45, 7) is 2.02. The summed E-state index contributed by atoms with van der Waals surface area (Å²) in [5.41, 5.74) is 0.248. The molecular formula is C13H15FN4O2. The van der Waals surface area contributed by atoms with E-state index in [2.05, 4.69) is 15.2 Å². The molecule has 0 spiro atoms. The molecule has 2 aromatic rings. The second-order valence-corrected chi connectivity index (χ2v) is 4.35. The maximum absolute atomic E-state index is 13.6.